The summed E-state index contributed by atoms with van der Waals surface area (Å²) in [7, 11) is -1.20. The van der Waals surface area contributed by atoms with Crippen molar-refractivity contribution in [2.24, 2.45) is 0 Å². The number of hydrogen-bond donors (Lipinski definition) is 1. The molecule has 6 nitrogen and oxygen atoms in total. The summed E-state index contributed by atoms with van der Waals surface area (Å²) in [6.45, 7) is 7.45. The van der Waals surface area contributed by atoms with Crippen LogP contribution in [0.15, 0.2) is 0 Å². The molecule has 0 radical (unpaired) electrons. The monoisotopic (exact) mass is 315 g/mol. The number of sulfone groups is 1. The van der Waals surface area contributed by atoms with Crippen LogP contribution in [0.4, 0.5) is 0 Å². The second kappa shape index (κ2) is 6.46. The van der Waals surface area contributed by atoms with Gasteiger partial charge < -0.3 is 10.1 Å². The lowest BCUT2D eigenvalue weighted by molar-refractivity contribution is 0.171. The molecule has 1 aliphatic heterocycles. The van der Waals surface area contributed by atoms with Gasteiger partial charge in [0.2, 0.25) is 0 Å². The van der Waals surface area contributed by atoms with Crippen LogP contribution in [0, 0.1) is 13.8 Å². The second-order valence-electron chi connectivity index (χ2n) is 5.89. The number of rotatable bonds is 6. The summed E-state index contributed by atoms with van der Waals surface area (Å²) in [5.41, 5.74) is 3.18. The zero-order valence-electron chi connectivity index (χ0n) is 13.2. The van der Waals surface area contributed by atoms with E-state index in [1.165, 1.54) is 0 Å². The SMILES string of the molecule is COCC(C)NCc1c(C)nn(C2CCS(=O)(=O)C2)c1C. The fraction of sp³-hybridized carbons (Fsp3) is 0.786. The van der Waals surface area contributed by atoms with Crippen molar-refractivity contribution in [1.82, 2.24) is 15.1 Å². The number of nitrogens with one attached hydrogen (secondary N) is 1. The van der Waals surface area contributed by atoms with E-state index in [0.29, 0.717) is 13.0 Å². The third-order valence-corrected chi connectivity index (χ3v) is 5.82. The third kappa shape index (κ3) is 3.84. The zero-order chi connectivity index (χ0) is 15.6. The number of hydrogen-bond acceptors (Lipinski definition) is 5. The van der Waals surface area contributed by atoms with Crippen molar-refractivity contribution >= 4 is 9.84 Å². The molecule has 0 aromatic carbocycles. The van der Waals surface area contributed by atoms with E-state index >= 15 is 0 Å². The van der Waals surface area contributed by atoms with Gasteiger partial charge in [0.05, 0.1) is 29.8 Å². The molecular formula is C14H25N3O3S. The summed E-state index contributed by atoms with van der Waals surface area (Å²) in [4.78, 5) is 0. The fourth-order valence-electron chi connectivity index (χ4n) is 2.86. The molecule has 2 unspecified atom stereocenters. The molecule has 1 saturated heterocycles. The fourth-order valence-corrected chi connectivity index (χ4v) is 4.55. The normalized spacial score (nSPS) is 22.6. The minimum absolute atomic E-state index is 0.0150. The van der Waals surface area contributed by atoms with Gasteiger partial charge in [0, 0.05) is 31.0 Å². The van der Waals surface area contributed by atoms with Gasteiger partial charge in [-0.25, -0.2) is 8.42 Å². The van der Waals surface area contributed by atoms with E-state index in [2.05, 4.69) is 17.3 Å². The van der Waals surface area contributed by atoms with E-state index in [1.54, 1.807) is 7.11 Å². The molecule has 1 fully saturated rings. The average molecular weight is 315 g/mol. The molecule has 120 valence electrons. The van der Waals surface area contributed by atoms with Crippen LogP contribution in [0.5, 0.6) is 0 Å². The first-order valence-corrected chi connectivity index (χ1v) is 9.13. The Morgan fingerprint density at radius 3 is 2.76 bits per heavy atom. The van der Waals surface area contributed by atoms with Crippen molar-refractivity contribution < 1.29 is 13.2 Å². The van der Waals surface area contributed by atoms with E-state index in [-0.39, 0.29) is 23.6 Å². The van der Waals surface area contributed by atoms with Gasteiger partial charge in [-0.05, 0) is 27.2 Å². The Balaban J connectivity index is 2.11. The average Bonchev–Trinajstić information content (AvgIpc) is 2.88. The molecule has 2 rings (SSSR count). The quantitative estimate of drug-likeness (QED) is 0.847. The van der Waals surface area contributed by atoms with Crippen molar-refractivity contribution in [1.29, 1.82) is 0 Å². The molecule has 0 bridgehead atoms. The molecule has 0 amide bonds. The lowest BCUT2D eigenvalue weighted by Crippen LogP contribution is -2.30. The van der Waals surface area contributed by atoms with Gasteiger partial charge in [-0.1, -0.05) is 0 Å². The summed E-state index contributed by atoms with van der Waals surface area (Å²) in [5.74, 6) is 0.483. The molecular weight excluding hydrogens is 290 g/mol. The lowest BCUT2D eigenvalue weighted by atomic mass is 10.1. The predicted octanol–water partition coefficient (Wildman–Crippen LogP) is 0.984. The van der Waals surface area contributed by atoms with Gasteiger partial charge >= 0.3 is 0 Å². The first kappa shape index (κ1) is 16.5. The molecule has 2 atom stereocenters. The Hall–Kier alpha value is -0.920. The van der Waals surface area contributed by atoms with E-state index in [1.807, 2.05) is 18.5 Å². The molecule has 1 aromatic rings. The lowest BCUT2D eigenvalue weighted by Gasteiger charge is -2.14. The highest BCUT2D eigenvalue weighted by atomic mass is 32.2. The largest absolute Gasteiger partial charge is 0.383 e. The Bertz CT molecular complexity index is 595. The van der Waals surface area contributed by atoms with Gasteiger partial charge in [0.15, 0.2) is 9.84 Å². The highest BCUT2D eigenvalue weighted by molar-refractivity contribution is 7.91. The number of methoxy groups -OCH3 is 1. The maximum Gasteiger partial charge on any atom is 0.152 e. The molecule has 2 heterocycles. The van der Waals surface area contributed by atoms with E-state index in [0.717, 1.165) is 23.5 Å². The molecule has 0 saturated carbocycles. The highest BCUT2D eigenvalue weighted by Gasteiger charge is 2.31. The predicted molar refractivity (Wildman–Crippen MR) is 82.2 cm³/mol. The smallest absolute Gasteiger partial charge is 0.152 e. The first-order valence-electron chi connectivity index (χ1n) is 7.31. The number of aromatic nitrogens is 2. The topological polar surface area (TPSA) is 73.2 Å². The summed E-state index contributed by atoms with van der Waals surface area (Å²) in [6, 6.07) is 0.253. The van der Waals surface area contributed by atoms with Crippen molar-refractivity contribution in [3.05, 3.63) is 17.0 Å². The number of ether oxygens (including phenoxy) is 1. The van der Waals surface area contributed by atoms with Crippen LogP contribution in [0.25, 0.3) is 0 Å². The number of aryl methyl sites for hydroxylation is 1. The Kier molecular flexibility index (Phi) is 5.06. The summed E-state index contributed by atoms with van der Waals surface area (Å²) < 4.78 is 30.3. The minimum Gasteiger partial charge on any atom is -0.383 e. The third-order valence-electron chi connectivity index (χ3n) is 4.07. The minimum atomic E-state index is -2.89. The maximum atomic E-state index is 11.6. The Morgan fingerprint density at radius 1 is 1.48 bits per heavy atom. The molecule has 1 N–H and O–H groups in total. The standard InChI is InChI=1S/C14H25N3O3S/c1-10(8-20-4)15-7-14-11(2)16-17(12(14)3)13-5-6-21(18,19)9-13/h10,13,15H,5-9H2,1-4H3. The summed E-state index contributed by atoms with van der Waals surface area (Å²) in [5, 5.41) is 7.97. The Morgan fingerprint density at radius 2 is 2.19 bits per heavy atom. The van der Waals surface area contributed by atoms with Crippen LogP contribution in [0.3, 0.4) is 0 Å². The zero-order valence-corrected chi connectivity index (χ0v) is 14.0. The van der Waals surface area contributed by atoms with Crippen LogP contribution in [0.2, 0.25) is 0 Å². The molecule has 0 aliphatic carbocycles. The Labute approximate surface area is 126 Å². The molecule has 0 spiro atoms. The van der Waals surface area contributed by atoms with Crippen LogP contribution in [-0.4, -0.2) is 49.5 Å². The van der Waals surface area contributed by atoms with Crippen LogP contribution in [0.1, 0.15) is 36.3 Å². The van der Waals surface area contributed by atoms with Gasteiger partial charge in [-0.15, -0.1) is 0 Å². The van der Waals surface area contributed by atoms with E-state index < -0.39 is 9.84 Å². The van der Waals surface area contributed by atoms with Crippen LogP contribution < -0.4 is 5.32 Å². The van der Waals surface area contributed by atoms with Gasteiger partial charge in [-0.3, -0.25) is 4.68 Å². The molecule has 7 heteroatoms. The highest BCUT2D eigenvalue weighted by Crippen LogP contribution is 2.26. The van der Waals surface area contributed by atoms with Crippen LogP contribution in [-0.2, 0) is 21.1 Å². The van der Waals surface area contributed by atoms with Crippen molar-refractivity contribution in [3.63, 3.8) is 0 Å². The molecule has 1 aromatic heterocycles. The van der Waals surface area contributed by atoms with Crippen LogP contribution >= 0.6 is 0 Å². The maximum absolute atomic E-state index is 11.6. The summed E-state index contributed by atoms with van der Waals surface area (Å²) in [6.07, 6.45) is 0.664. The second-order valence-corrected chi connectivity index (χ2v) is 8.12. The molecule has 1 aliphatic rings. The van der Waals surface area contributed by atoms with Crippen molar-refractivity contribution in [3.8, 4) is 0 Å². The first-order chi connectivity index (χ1) is 9.84. The van der Waals surface area contributed by atoms with E-state index in [9.17, 15) is 8.42 Å². The number of nitrogens with zero attached hydrogens (tertiary/aromatic N) is 2. The molecule has 21 heavy (non-hydrogen) atoms. The van der Waals surface area contributed by atoms with Gasteiger partial charge in [0.25, 0.3) is 0 Å². The summed E-state index contributed by atoms with van der Waals surface area (Å²) >= 11 is 0. The van der Waals surface area contributed by atoms with Gasteiger partial charge in [-0.2, -0.15) is 5.10 Å². The van der Waals surface area contributed by atoms with Crippen molar-refractivity contribution in [2.75, 3.05) is 25.2 Å². The van der Waals surface area contributed by atoms with Gasteiger partial charge in [0.1, 0.15) is 0 Å². The van der Waals surface area contributed by atoms with Crippen molar-refractivity contribution in [2.45, 2.75) is 45.8 Å². The van der Waals surface area contributed by atoms with E-state index in [4.69, 9.17) is 4.74 Å².